The van der Waals surface area contributed by atoms with E-state index in [4.69, 9.17) is 0 Å². The van der Waals surface area contributed by atoms with Crippen LogP contribution in [-0.4, -0.2) is 38.9 Å². The first-order valence-corrected chi connectivity index (χ1v) is 8.48. The minimum absolute atomic E-state index is 0.160. The Morgan fingerprint density at radius 2 is 1.86 bits per heavy atom. The van der Waals surface area contributed by atoms with Crippen LogP contribution in [0, 0.1) is 6.92 Å². The van der Waals surface area contributed by atoms with Gasteiger partial charge in [0, 0.05) is 20.1 Å². The summed E-state index contributed by atoms with van der Waals surface area (Å²) >= 11 is 0. The fourth-order valence-electron chi connectivity index (χ4n) is 2.38. The van der Waals surface area contributed by atoms with Crippen LogP contribution in [0.2, 0.25) is 0 Å². The van der Waals surface area contributed by atoms with E-state index in [9.17, 15) is 13.2 Å². The van der Waals surface area contributed by atoms with Gasteiger partial charge in [-0.15, -0.1) is 0 Å². The molecule has 1 heterocycles. The zero-order valence-electron chi connectivity index (χ0n) is 12.3. The highest BCUT2D eigenvalue weighted by Gasteiger charge is 2.28. The van der Waals surface area contributed by atoms with Gasteiger partial charge in [0.25, 0.3) is 0 Å². The van der Waals surface area contributed by atoms with Gasteiger partial charge in [-0.25, -0.2) is 13.2 Å². The number of nitrogens with zero attached hydrogens (tertiary/aromatic N) is 1. The molecule has 0 unspecified atom stereocenters. The van der Waals surface area contributed by atoms with Gasteiger partial charge in [-0.05, 0) is 37.5 Å². The zero-order valence-corrected chi connectivity index (χ0v) is 13.2. The number of sulfonamides is 1. The molecule has 1 aliphatic rings. The van der Waals surface area contributed by atoms with Gasteiger partial charge in [-0.2, -0.15) is 4.31 Å². The van der Waals surface area contributed by atoms with E-state index in [1.165, 1.54) is 11.4 Å². The second-order valence-corrected chi connectivity index (χ2v) is 7.07. The highest BCUT2D eigenvalue weighted by atomic mass is 32.2. The van der Waals surface area contributed by atoms with Crippen LogP contribution in [0.5, 0.6) is 0 Å². The van der Waals surface area contributed by atoms with E-state index in [1.54, 1.807) is 18.2 Å². The SMILES string of the molecule is CNC(=O)Nc1ccc(C)cc1S(=O)(=O)N1CCCCC1. The van der Waals surface area contributed by atoms with Crippen LogP contribution in [0.15, 0.2) is 23.1 Å². The van der Waals surface area contributed by atoms with Crippen LogP contribution >= 0.6 is 0 Å². The van der Waals surface area contributed by atoms with Crippen molar-refractivity contribution in [2.24, 2.45) is 0 Å². The average Bonchev–Trinajstić information content (AvgIpc) is 2.49. The summed E-state index contributed by atoms with van der Waals surface area (Å²) in [4.78, 5) is 11.7. The second-order valence-electron chi connectivity index (χ2n) is 5.17. The first-order chi connectivity index (χ1) is 9.95. The number of hydrogen-bond donors (Lipinski definition) is 2. The molecule has 1 aliphatic heterocycles. The van der Waals surface area contributed by atoms with Crippen molar-refractivity contribution in [2.75, 3.05) is 25.5 Å². The summed E-state index contributed by atoms with van der Waals surface area (Å²) in [6.07, 6.45) is 2.82. The van der Waals surface area contributed by atoms with E-state index < -0.39 is 16.1 Å². The Labute approximate surface area is 125 Å². The predicted octanol–water partition coefficient (Wildman–Crippen LogP) is 1.92. The Morgan fingerprint density at radius 1 is 1.19 bits per heavy atom. The third kappa shape index (κ3) is 3.54. The Bertz CT molecular complexity index is 622. The molecule has 1 aromatic carbocycles. The van der Waals surface area contributed by atoms with Gasteiger partial charge in [-0.3, -0.25) is 0 Å². The molecule has 116 valence electrons. The number of aryl methyl sites for hydroxylation is 1. The van der Waals surface area contributed by atoms with Crippen molar-refractivity contribution in [3.8, 4) is 0 Å². The van der Waals surface area contributed by atoms with Crippen LogP contribution in [-0.2, 0) is 10.0 Å². The number of urea groups is 1. The molecule has 1 aromatic rings. The molecular formula is C14H21N3O3S. The molecule has 0 spiro atoms. The Morgan fingerprint density at radius 3 is 2.48 bits per heavy atom. The van der Waals surface area contributed by atoms with Gasteiger partial charge >= 0.3 is 6.03 Å². The molecular weight excluding hydrogens is 290 g/mol. The standard InChI is InChI=1S/C14H21N3O3S/c1-11-6-7-12(16-14(18)15-2)13(10-11)21(19,20)17-8-4-3-5-9-17/h6-7,10H,3-5,8-9H2,1-2H3,(H2,15,16,18). The Balaban J connectivity index is 2.40. The van der Waals surface area contributed by atoms with E-state index in [0.29, 0.717) is 18.8 Å². The normalized spacial score (nSPS) is 16.5. The number of amides is 2. The van der Waals surface area contributed by atoms with E-state index in [-0.39, 0.29) is 4.90 Å². The summed E-state index contributed by atoms with van der Waals surface area (Å²) in [5.41, 5.74) is 1.15. The maximum Gasteiger partial charge on any atom is 0.319 e. The van der Waals surface area contributed by atoms with Gasteiger partial charge in [0.15, 0.2) is 0 Å². The number of carbonyl (C=O) groups is 1. The Hall–Kier alpha value is -1.60. The van der Waals surface area contributed by atoms with Gasteiger partial charge in [0.2, 0.25) is 10.0 Å². The van der Waals surface area contributed by atoms with Gasteiger partial charge < -0.3 is 10.6 Å². The maximum absolute atomic E-state index is 12.8. The molecule has 0 aromatic heterocycles. The molecule has 6 nitrogen and oxygen atoms in total. The number of rotatable bonds is 3. The van der Waals surface area contributed by atoms with Crippen molar-refractivity contribution in [2.45, 2.75) is 31.1 Å². The molecule has 1 saturated heterocycles. The second kappa shape index (κ2) is 6.44. The van der Waals surface area contributed by atoms with Crippen molar-refractivity contribution in [1.82, 2.24) is 9.62 Å². The molecule has 21 heavy (non-hydrogen) atoms. The average molecular weight is 311 g/mol. The zero-order chi connectivity index (χ0) is 15.5. The molecule has 2 rings (SSSR count). The van der Waals surface area contributed by atoms with Crippen LogP contribution in [0.25, 0.3) is 0 Å². The van der Waals surface area contributed by atoms with E-state index in [0.717, 1.165) is 24.8 Å². The summed E-state index contributed by atoms with van der Waals surface area (Å²) < 4.78 is 27.1. The first kappa shape index (κ1) is 15.8. The first-order valence-electron chi connectivity index (χ1n) is 7.04. The van der Waals surface area contributed by atoms with Gasteiger partial charge in [-0.1, -0.05) is 12.5 Å². The van der Waals surface area contributed by atoms with Crippen LogP contribution in [0.4, 0.5) is 10.5 Å². The summed E-state index contributed by atoms with van der Waals surface area (Å²) in [6, 6.07) is 4.57. The fraction of sp³-hybridized carbons (Fsp3) is 0.500. The van der Waals surface area contributed by atoms with Crippen molar-refractivity contribution >= 4 is 21.7 Å². The van der Waals surface area contributed by atoms with Crippen LogP contribution in [0.3, 0.4) is 0 Å². The lowest BCUT2D eigenvalue weighted by atomic mass is 10.2. The fourth-order valence-corrected chi connectivity index (χ4v) is 4.12. The quantitative estimate of drug-likeness (QED) is 0.895. The van der Waals surface area contributed by atoms with E-state index in [1.807, 2.05) is 6.92 Å². The molecule has 0 saturated carbocycles. The smallest absolute Gasteiger partial charge is 0.319 e. The lowest BCUT2D eigenvalue weighted by molar-refractivity contribution is 0.254. The minimum atomic E-state index is -3.58. The molecule has 0 aliphatic carbocycles. The third-order valence-corrected chi connectivity index (χ3v) is 5.48. The van der Waals surface area contributed by atoms with Crippen molar-refractivity contribution in [3.05, 3.63) is 23.8 Å². The monoisotopic (exact) mass is 311 g/mol. The number of nitrogens with one attached hydrogen (secondary N) is 2. The van der Waals surface area contributed by atoms with Crippen molar-refractivity contribution < 1.29 is 13.2 Å². The lowest BCUT2D eigenvalue weighted by Gasteiger charge is -2.27. The lowest BCUT2D eigenvalue weighted by Crippen LogP contribution is -2.36. The van der Waals surface area contributed by atoms with Crippen LogP contribution < -0.4 is 10.6 Å². The van der Waals surface area contributed by atoms with E-state index >= 15 is 0 Å². The number of hydrogen-bond acceptors (Lipinski definition) is 3. The molecule has 0 atom stereocenters. The summed E-state index contributed by atoms with van der Waals surface area (Å²) in [6.45, 7) is 2.91. The largest absolute Gasteiger partial charge is 0.341 e. The minimum Gasteiger partial charge on any atom is -0.341 e. The van der Waals surface area contributed by atoms with Crippen molar-refractivity contribution in [1.29, 1.82) is 0 Å². The Kier molecular flexibility index (Phi) is 4.84. The summed E-state index contributed by atoms with van der Waals surface area (Å²) in [5.74, 6) is 0. The van der Waals surface area contributed by atoms with E-state index in [2.05, 4.69) is 10.6 Å². The van der Waals surface area contributed by atoms with Crippen molar-refractivity contribution in [3.63, 3.8) is 0 Å². The van der Waals surface area contributed by atoms with Gasteiger partial charge in [0.1, 0.15) is 4.90 Å². The number of carbonyl (C=O) groups excluding carboxylic acids is 1. The molecule has 0 radical (unpaired) electrons. The number of piperidine rings is 1. The third-order valence-electron chi connectivity index (χ3n) is 3.55. The highest BCUT2D eigenvalue weighted by Crippen LogP contribution is 2.27. The summed E-state index contributed by atoms with van der Waals surface area (Å²) in [7, 11) is -2.09. The predicted molar refractivity (Wildman–Crippen MR) is 81.9 cm³/mol. The topological polar surface area (TPSA) is 78.5 Å². The molecule has 2 amide bonds. The number of benzene rings is 1. The van der Waals surface area contributed by atoms with Crippen LogP contribution in [0.1, 0.15) is 24.8 Å². The molecule has 1 fully saturated rings. The summed E-state index contributed by atoms with van der Waals surface area (Å²) in [5, 5.41) is 5.00. The highest BCUT2D eigenvalue weighted by molar-refractivity contribution is 7.89. The molecule has 2 N–H and O–H groups in total. The maximum atomic E-state index is 12.8. The number of anilines is 1. The molecule has 0 bridgehead atoms. The van der Waals surface area contributed by atoms with Gasteiger partial charge in [0.05, 0.1) is 5.69 Å². The molecule has 7 heteroatoms.